The quantitative estimate of drug-likeness (QED) is 0.00357. The molecule has 116 heavy (non-hydrogen) atoms. The summed E-state index contributed by atoms with van der Waals surface area (Å²) < 4.78 is 88.7. The van der Waals surface area contributed by atoms with E-state index in [1.807, 2.05) is 151 Å². The van der Waals surface area contributed by atoms with Crippen LogP contribution in [0.3, 0.4) is 0 Å². The van der Waals surface area contributed by atoms with Gasteiger partial charge in [-0.1, -0.05) is 146 Å². The highest BCUT2D eigenvalue weighted by atomic mass is 32.2. The van der Waals surface area contributed by atoms with E-state index < -0.39 is 59.4 Å². The van der Waals surface area contributed by atoms with Gasteiger partial charge in [-0.05, 0) is 105 Å². The molecule has 30 heteroatoms. The van der Waals surface area contributed by atoms with Gasteiger partial charge in [-0.3, -0.25) is 19.2 Å². The molecule has 7 aromatic carbocycles. The molecule has 6 heterocycles. The molecule has 0 saturated carbocycles. The maximum Gasteiger partial charge on any atom is 0.424 e. The lowest BCUT2D eigenvalue weighted by Gasteiger charge is -2.28. The molecule has 4 saturated heterocycles. The van der Waals surface area contributed by atoms with Crippen molar-refractivity contribution < 1.29 is 74.5 Å². The number of fused-ring (bicyclic) bond motifs is 10. The number of benzene rings is 7. The Morgan fingerprint density at radius 2 is 0.879 bits per heavy atom. The number of para-hydroxylation sites is 2. The summed E-state index contributed by atoms with van der Waals surface area (Å²) in [5, 5.41) is 23.6. The molecule has 6 atom stereocenters. The van der Waals surface area contributed by atoms with Crippen LogP contribution in [0.5, 0.6) is 5.75 Å². The highest BCUT2D eigenvalue weighted by molar-refractivity contribution is 8.00. The number of rotatable bonds is 30. The number of carbonyl (C=O) groups is 8. The molecule has 2 aromatic heterocycles. The number of esters is 1. The third kappa shape index (κ3) is 19.0. The first-order valence-corrected chi connectivity index (χ1v) is 41.0. The van der Waals surface area contributed by atoms with Crippen LogP contribution in [0.4, 0.5) is 41.1 Å². The fourth-order valence-corrected chi connectivity index (χ4v) is 19.1. The van der Waals surface area contributed by atoms with Crippen LogP contribution < -0.4 is 37.1 Å². The van der Waals surface area contributed by atoms with Crippen LogP contribution in [0.1, 0.15) is 110 Å². The summed E-state index contributed by atoms with van der Waals surface area (Å²) in [4.78, 5) is 98.3. The summed E-state index contributed by atoms with van der Waals surface area (Å²) in [7, 11) is 6.79. The van der Waals surface area contributed by atoms with Crippen LogP contribution in [0, 0.1) is 29.1 Å². The molecule has 15 rings (SSSR count). The Morgan fingerprint density at radius 1 is 0.491 bits per heavy atom. The van der Waals surface area contributed by atoms with Gasteiger partial charge >= 0.3 is 30.2 Å². The van der Waals surface area contributed by atoms with Crippen LogP contribution >= 0.6 is 23.5 Å². The predicted molar refractivity (Wildman–Crippen MR) is 434 cm³/mol. The van der Waals surface area contributed by atoms with Gasteiger partial charge in [-0.15, -0.1) is 0 Å². The lowest BCUT2D eigenvalue weighted by atomic mass is 9.98. The van der Waals surface area contributed by atoms with Gasteiger partial charge in [0.25, 0.3) is 0 Å². The highest BCUT2D eigenvalue weighted by Gasteiger charge is 2.44. The average Bonchev–Trinajstić information content (AvgIpc) is 1.62. The molecule has 7 N–H and O–H groups in total. The Morgan fingerprint density at radius 3 is 1.31 bits per heavy atom. The molecule has 23 nitrogen and oxygen atoms in total. The Balaban J connectivity index is 0.000000168. The molecule has 0 spiro atoms. The first-order chi connectivity index (χ1) is 56.0. The van der Waals surface area contributed by atoms with Crippen LogP contribution in [0.25, 0.3) is 44.1 Å². The molecule has 1 unspecified atom stereocenters. The van der Waals surface area contributed by atoms with Crippen LogP contribution in [-0.4, -0.2) is 178 Å². The van der Waals surface area contributed by atoms with E-state index in [0.29, 0.717) is 53.7 Å². The number of carbonyl (C=O) groups excluding carboxylic acids is 8. The number of thioether (sulfide) groups is 2. The largest absolute Gasteiger partial charge is 0.447 e. The lowest BCUT2D eigenvalue weighted by molar-refractivity contribution is -0.135. The topological polar surface area (TPSA) is 273 Å². The van der Waals surface area contributed by atoms with Crippen LogP contribution in [0.15, 0.2) is 158 Å². The number of hydrogen-bond donors (Lipinski definition) is 6. The number of ketones is 2. The molecule has 4 fully saturated rings. The molecule has 610 valence electrons. The molecule has 4 aliphatic heterocycles. The number of urea groups is 2. The van der Waals surface area contributed by atoms with Gasteiger partial charge in [-0.25, -0.2) is 52.4 Å². The SMILES string of the molecule is CN(Cc1cc2ccccc2n1CCC(=O)NCC(=O)CCCCC1SC[C@@H]2NC(=O)N[C@H]12)N(C)C(=O)OCC1c2ccccc2-c2ccccc21.CN(Cc1cc2ccccc2n1CCC(=O)Oc1c(F)c(F)c(F)c(F)c1F)N(C)C(=O)OCC1c2ccccc2-c2ccccc21.NCC(=O)CCCC[C@@H]1SC[C@@H]2NC(=O)N[C@@H]21. The van der Waals surface area contributed by atoms with Gasteiger partial charge in [0.2, 0.25) is 40.7 Å². The Bertz CT molecular complexity index is 5030. The number of nitrogens with one attached hydrogen (secondary N) is 5. The Hall–Kier alpha value is -10.8. The number of aromatic nitrogens is 2. The number of unbranched alkanes of at least 4 members (excludes halogenated alkanes) is 2. The predicted octanol–water partition coefficient (Wildman–Crippen LogP) is 13.5. The molecule has 0 radical (unpaired) electrons. The van der Waals surface area contributed by atoms with Gasteiger partial charge < -0.3 is 55.7 Å². The standard InChI is InChI=1S/C40H46N6O5S.C35H28F5N3O4.C11H19N3O2S/c1-44(45(2)40(50)51-24-33-31-15-7-5-13-29(31)30-14-6-8-16-32(30)33)23-27-21-26-11-3-9-17-35(26)46(27)20-19-37(48)41-22-28(47)12-4-10-18-36-38-34(25-52-36)42-39(49)43-38;1-41(42(2)35(45)46-19-26-24-12-6-4-10-22(24)23-11-5-7-13-25(23)26)18-21-17-20-9-3-8-14-27(20)43(21)16-15-28(44)47-34-32(39)30(37)29(36)31(38)33(34)40;12-5-7(15)3-1-2-4-9-10-8(6-17-9)13-11(16)14-10/h3,5-9,11,13-17,21,33-34,36,38H,4,10,12,18-20,22-25H2,1-2H3,(H,41,48)(H2,42,43,49);3-14,17,26H,15-16,18-19H2,1-2H3;8-10H,1-6,12H2,(H2,13,14,16)/t34-,36?,38-;;8-,9-,10-/m0.0/s1. The molecular weight excluding hydrogens is 1540 g/mol. The van der Waals surface area contributed by atoms with E-state index in [9.17, 15) is 60.3 Å². The lowest BCUT2D eigenvalue weighted by Crippen LogP contribution is -2.41. The van der Waals surface area contributed by atoms with Crippen LogP contribution in [0.2, 0.25) is 0 Å². The third-order valence-corrected chi connectivity index (χ3v) is 25.3. The molecule has 9 aromatic rings. The average molecular weight is 1630 g/mol. The molecule has 2 aliphatic carbocycles. The van der Waals surface area contributed by atoms with Crippen molar-refractivity contribution in [3.8, 4) is 28.0 Å². The first kappa shape index (κ1) is 83.2. The number of hydrogen-bond acceptors (Lipinski definition) is 16. The Kier molecular flexibility index (Phi) is 27.2. The van der Waals surface area contributed by atoms with Gasteiger partial charge in [-0.2, -0.15) is 32.3 Å². The molecular formula is C86H93F5N12O11S2. The monoisotopic (exact) mass is 1630 g/mol. The third-order valence-electron chi connectivity index (χ3n) is 22.3. The number of Topliss-reactive ketones (excluding diaryl/α,β-unsaturated/α-hetero) is 2. The van der Waals surface area contributed by atoms with Crippen molar-refractivity contribution in [3.63, 3.8) is 0 Å². The maximum absolute atomic E-state index is 14.1. The van der Waals surface area contributed by atoms with Crippen molar-refractivity contribution in [2.75, 3.05) is 66.0 Å². The van der Waals surface area contributed by atoms with Crippen molar-refractivity contribution in [2.24, 2.45) is 5.73 Å². The smallest absolute Gasteiger partial charge is 0.424 e. The second-order valence-corrected chi connectivity index (χ2v) is 32.2. The van der Waals surface area contributed by atoms with E-state index >= 15 is 0 Å². The second-order valence-electron chi connectivity index (χ2n) is 29.6. The fourth-order valence-electron chi connectivity index (χ4n) is 16.0. The van der Waals surface area contributed by atoms with Crippen molar-refractivity contribution in [1.82, 2.24) is 55.8 Å². The summed E-state index contributed by atoms with van der Waals surface area (Å²) in [5.41, 5.74) is 17.7. The minimum atomic E-state index is -2.35. The fraction of sp³-hybridized carbons (Fsp3) is 0.372. The number of hydrazine groups is 2. The van der Waals surface area contributed by atoms with E-state index in [-0.39, 0.29) is 105 Å². The summed E-state index contributed by atoms with van der Waals surface area (Å²) in [6.07, 6.45) is 5.37. The zero-order chi connectivity index (χ0) is 81.8. The number of aryl methyl sites for hydroxylation is 2. The summed E-state index contributed by atoms with van der Waals surface area (Å²) >= 11 is 3.79. The number of nitrogens with zero attached hydrogens (tertiary/aromatic N) is 6. The minimum absolute atomic E-state index is 0.0196. The second kappa shape index (κ2) is 37.9. The number of ether oxygens (including phenoxy) is 3. The first-order valence-electron chi connectivity index (χ1n) is 38.9. The number of amides is 7. The zero-order valence-electron chi connectivity index (χ0n) is 64.7. The summed E-state index contributed by atoms with van der Waals surface area (Å²) in [6, 6.07) is 52.6. The van der Waals surface area contributed by atoms with Gasteiger partial charge in [0.05, 0.1) is 56.8 Å². The maximum atomic E-state index is 14.1. The van der Waals surface area contributed by atoms with Crippen molar-refractivity contribution >= 4 is 93.0 Å². The van der Waals surface area contributed by atoms with E-state index in [1.54, 1.807) is 42.9 Å². The van der Waals surface area contributed by atoms with Gasteiger partial charge in [0, 0.05) is 117 Å². The summed E-state index contributed by atoms with van der Waals surface area (Å²) in [5.74, 6) is -12.4. The molecule has 0 bridgehead atoms. The van der Waals surface area contributed by atoms with Gasteiger partial charge in [0.1, 0.15) is 19.0 Å². The summed E-state index contributed by atoms with van der Waals surface area (Å²) in [6.45, 7) is 1.52. The Labute approximate surface area is 676 Å². The normalized spacial score (nSPS) is 18.0. The molecule has 7 amide bonds. The number of nitrogens with two attached hydrogens (primary N) is 1. The van der Waals surface area contributed by atoms with E-state index in [0.717, 1.165) is 105 Å². The van der Waals surface area contributed by atoms with E-state index in [4.69, 9.17) is 15.2 Å². The number of halogens is 5. The van der Waals surface area contributed by atoms with Gasteiger partial charge in [0.15, 0.2) is 5.78 Å². The van der Waals surface area contributed by atoms with Crippen molar-refractivity contribution in [3.05, 3.63) is 220 Å². The van der Waals surface area contributed by atoms with Crippen molar-refractivity contribution in [2.45, 2.75) is 137 Å². The highest BCUT2D eigenvalue weighted by Crippen LogP contribution is 2.47. The molecule has 6 aliphatic rings. The minimum Gasteiger partial charge on any atom is -0.447 e. The zero-order valence-corrected chi connectivity index (χ0v) is 66.4. The van der Waals surface area contributed by atoms with Crippen molar-refractivity contribution in [1.29, 1.82) is 0 Å². The van der Waals surface area contributed by atoms with E-state index in [1.165, 1.54) is 21.1 Å². The van der Waals surface area contributed by atoms with E-state index in [2.05, 4.69) is 66.2 Å². The van der Waals surface area contributed by atoms with Crippen LogP contribution in [-0.2, 0) is 54.8 Å².